The average molecular weight is 1200 g/mol. The summed E-state index contributed by atoms with van der Waals surface area (Å²) >= 11 is 1.46. The Bertz CT molecular complexity index is 2900. The molecule has 85 heavy (non-hydrogen) atoms. The van der Waals surface area contributed by atoms with Gasteiger partial charge in [0.2, 0.25) is 53.2 Å². The van der Waals surface area contributed by atoms with Gasteiger partial charge in [-0.3, -0.25) is 43.2 Å². The number of hydrogen-bond donors (Lipinski definition) is 13. The fourth-order valence-corrected chi connectivity index (χ4v) is 9.90. The lowest BCUT2D eigenvalue weighted by atomic mass is 9.98. The van der Waals surface area contributed by atoms with Gasteiger partial charge in [0.15, 0.2) is 0 Å². The molecule has 0 spiro atoms. The first-order valence-electron chi connectivity index (χ1n) is 28.7. The highest BCUT2D eigenvalue weighted by Gasteiger charge is 2.37. The summed E-state index contributed by atoms with van der Waals surface area (Å²) in [5, 5.41) is 42.5. The van der Waals surface area contributed by atoms with E-state index in [1.165, 1.54) is 36.0 Å². The van der Waals surface area contributed by atoms with E-state index in [4.69, 9.17) is 11.5 Å². The number of nitrogens with one attached hydrogen (secondary N) is 9. The van der Waals surface area contributed by atoms with Crippen LogP contribution in [0.3, 0.4) is 0 Å². The van der Waals surface area contributed by atoms with Gasteiger partial charge in [-0.15, -0.1) is 0 Å². The van der Waals surface area contributed by atoms with E-state index in [0.717, 1.165) is 10.9 Å². The number of carbonyl (C=O) groups is 10. The molecule has 9 amide bonds. The summed E-state index contributed by atoms with van der Waals surface area (Å²) in [5.41, 5.74) is 14.2. The third-order valence-corrected chi connectivity index (χ3v) is 14.7. The predicted molar refractivity (Wildman–Crippen MR) is 325 cm³/mol. The number of aromatic hydroxyl groups is 1. The molecule has 0 saturated carbocycles. The van der Waals surface area contributed by atoms with Crippen LogP contribution in [-0.2, 0) is 67.2 Å². The van der Waals surface area contributed by atoms with Crippen LogP contribution in [0.4, 0.5) is 0 Å². The normalized spacial score (nSPS) is 14.6. The van der Waals surface area contributed by atoms with Gasteiger partial charge in [0.25, 0.3) is 0 Å². The summed E-state index contributed by atoms with van der Waals surface area (Å²) in [6, 6.07) is 10.1. The van der Waals surface area contributed by atoms with Gasteiger partial charge in [0.05, 0.1) is 6.04 Å². The Morgan fingerprint density at radius 2 is 0.953 bits per heavy atom. The number of hydrogen-bond acceptors (Lipinski definition) is 13. The van der Waals surface area contributed by atoms with Crippen LogP contribution in [0.2, 0.25) is 0 Å². The first-order chi connectivity index (χ1) is 40.2. The smallest absolute Gasteiger partial charge is 0.326 e. The number of carboxylic acids is 1. The Kier molecular flexibility index (Phi) is 27.9. The lowest BCUT2D eigenvalue weighted by Gasteiger charge is -2.29. The molecule has 4 rings (SSSR count). The Balaban J connectivity index is 1.67. The number of H-pyrrole nitrogens is 1. The lowest BCUT2D eigenvalue weighted by molar-refractivity contribution is -0.143. The molecule has 3 aromatic carbocycles. The molecule has 23 nitrogen and oxygen atoms in total. The molecule has 4 aromatic rings. The highest BCUT2D eigenvalue weighted by molar-refractivity contribution is 7.98. The van der Waals surface area contributed by atoms with E-state index in [-0.39, 0.29) is 56.1 Å². The van der Waals surface area contributed by atoms with Crippen LogP contribution in [0.5, 0.6) is 5.75 Å². The molecule has 9 atom stereocenters. The SMILES string of the molecule is CSCC[C@H](NC(=O)[C@@H](N)CC(C)C)C(=O)N[C@@H](CC(C)C)C(=O)N[C@@H](Cc1ccccc1)C(=O)N[C@@H](Cc1ccc(O)cc1)C(=O)N[C@@H](CCC(N)=O)C(=O)N[C@H](C(=O)N[C@@H](Cc1c[nH]c2ccccc12)C(=O)N[C@H](C(=O)O)C(C)C)C(C)C. The van der Waals surface area contributed by atoms with Crippen molar-refractivity contribution in [3.63, 3.8) is 0 Å². The number of aliphatic carboxylic acids is 1. The largest absolute Gasteiger partial charge is 0.508 e. The number of fused-ring (bicyclic) bond motifs is 1. The van der Waals surface area contributed by atoms with Crippen LogP contribution in [0.15, 0.2) is 85.1 Å². The number of phenolic OH excluding ortho intramolecular Hbond substituents is 1. The van der Waals surface area contributed by atoms with Gasteiger partial charge in [-0.1, -0.05) is 116 Å². The summed E-state index contributed by atoms with van der Waals surface area (Å²) < 4.78 is 0. The fourth-order valence-electron chi connectivity index (χ4n) is 9.43. The van der Waals surface area contributed by atoms with Gasteiger partial charge in [0.1, 0.15) is 54.1 Å². The monoisotopic (exact) mass is 1200 g/mol. The van der Waals surface area contributed by atoms with Gasteiger partial charge in [-0.2, -0.15) is 11.8 Å². The summed E-state index contributed by atoms with van der Waals surface area (Å²) in [4.78, 5) is 142. The van der Waals surface area contributed by atoms with Crippen LogP contribution >= 0.6 is 11.8 Å². The zero-order chi connectivity index (χ0) is 63.1. The fraction of sp³-hybridized carbons (Fsp3) is 0.508. The number of thioether (sulfide) groups is 1. The minimum Gasteiger partial charge on any atom is -0.508 e. The van der Waals surface area contributed by atoms with Crippen LogP contribution in [0, 0.1) is 23.7 Å². The lowest BCUT2D eigenvalue weighted by Crippen LogP contribution is -2.61. The van der Waals surface area contributed by atoms with Gasteiger partial charge in [0, 0.05) is 42.8 Å². The van der Waals surface area contributed by atoms with Crippen molar-refractivity contribution in [1.29, 1.82) is 0 Å². The molecule has 1 heterocycles. The number of para-hydroxylation sites is 1. The maximum absolute atomic E-state index is 14.8. The molecular weight excluding hydrogens is 1110 g/mol. The second-order valence-electron chi connectivity index (χ2n) is 22.9. The molecule has 464 valence electrons. The Hall–Kier alpha value is -7.99. The Morgan fingerprint density at radius 1 is 0.506 bits per heavy atom. The molecule has 15 N–H and O–H groups in total. The molecule has 0 bridgehead atoms. The van der Waals surface area contributed by atoms with Gasteiger partial charge < -0.3 is 69.2 Å². The third-order valence-electron chi connectivity index (χ3n) is 14.1. The van der Waals surface area contributed by atoms with E-state index in [9.17, 15) is 58.2 Å². The minimum atomic E-state index is -1.57. The van der Waals surface area contributed by atoms with Crippen LogP contribution < -0.4 is 54.0 Å². The van der Waals surface area contributed by atoms with Crippen molar-refractivity contribution < 1.29 is 58.2 Å². The number of amides is 9. The van der Waals surface area contributed by atoms with E-state index < -0.39 is 132 Å². The molecule has 0 unspecified atom stereocenters. The molecule has 1 aromatic heterocycles. The number of carbonyl (C=O) groups excluding carboxylic acids is 9. The zero-order valence-corrected chi connectivity index (χ0v) is 50.8. The van der Waals surface area contributed by atoms with E-state index in [1.807, 2.05) is 52.1 Å². The molecule has 0 saturated heterocycles. The van der Waals surface area contributed by atoms with E-state index in [0.29, 0.717) is 28.9 Å². The molecule has 0 aliphatic carbocycles. The quantitative estimate of drug-likeness (QED) is 0.0315. The number of benzene rings is 3. The van der Waals surface area contributed by atoms with Crippen LogP contribution in [0.25, 0.3) is 10.9 Å². The van der Waals surface area contributed by atoms with Crippen molar-refractivity contribution in [2.75, 3.05) is 12.0 Å². The van der Waals surface area contributed by atoms with Gasteiger partial charge in [-0.05, 0) is 96.3 Å². The molecule has 0 aliphatic heterocycles. The maximum atomic E-state index is 14.8. The number of nitrogens with two attached hydrogens (primary N) is 2. The van der Waals surface area contributed by atoms with E-state index in [2.05, 4.69) is 47.5 Å². The summed E-state index contributed by atoms with van der Waals surface area (Å²) in [7, 11) is 0. The van der Waals surface area contributed by atoms with Crippen molar-refractivity contribution in [2.24, 2.45) is 35.1 Å². The number of primary amides is 1. The molecule has 24 heteroatoms. The average Bonchev–Trinajstić information content (AvgIpc) is 4.12. The summed E-state index contributed by atoms with van der Waals surface area (Å²) in [6.07, 6.45) is 3.04. The third kappa shape index (κ3) is 22.8. The van der Waals surface area contributed by atoms with Crippen molar-refractivity contribution in [2.45, 2.75) is 161 Å². The van der Waals surface area contributed by atoms with E-state index >= 15 is 0 Å². The van der Waals surface area contributed by atoms with Crippen molar-refractivity contribution in [3.8, 4) is 5.75 Å². The predicted octanol–water partition coefficient (Wildman–Crippen LogP) is 2.61. The summed E-state index contributed by atoms with van der Waals surface area (Å²) in [6.45, 7) is 14.0. The number of rotatable bonds is 35. The molecular formula is C61H87N11O12S. The zero-order valence-electron chi connectivity index (χ0n) is 50.0. The van der Waals surface area contributed by atoms with Gasteiger partial charge >= 0.3 is 5.97 Å². The second kappa shape index (κ2) is 34.1. The van der Waals surface area contributed by atoms with Crippen LogP contribution in [-0.4, -0.2) is 141 Å². The number of aromatic amines is 1. The van der Waals surface area contributed by atoms with Crippen molar-refractivity contribution in [1.82, 2.24) is 47.5 Å². The molecule has 0 fully saturated rings. The number of aromatic nitrogens is 1. The topological polar surface area (TPSA) is 375 Å². The Morgan fingerprint density at radius 3 is 1.51 bits per heavy atom. The molecule has 0 aliphatic rings. The first kappa shape index (κ1) is 69.5. The van der Waals surface area contributed by atoms with Crippen molar-refractivity contribution in [3.05, 3.63) is 102 Å². The highest BCUT2D eigenvalue weighted by Crippen LogP contribution is 2.21. The maximum Gasteiger partial charge on any atom is 0.326 e. The highest BCUT2D eigenvalue weighted by atomic mass is 32.2. The van der Waals surface area contributed by atoms with Crippen LogP contribution in [0.1, 0.15) is 104 Å². The number of carboxylic acid groups (broad SMARTS) is 1. The van der Waals surface area contributed by atoms with Gasteiger partial charge in [-0.25, -0.2) is 4.79 Å². The standard InChI is InChI=1S/C61H87N11O12S/c1-33(2)27-42(62)53(75)65-45(25-26-85-9)54(76)67-46(28-34(3)4)56(78)68-47(29-37-15-11-10-12-16-37)58(80)69-48(30-38-19-21-40(73)22-20-38)57(79)66-44(23-24-50(63)74)55(77)71-51(35(5)6)60(82)70-49(59(81)72-52(36(7)8)61(83)84)31-39-32-64-43-18-14-13-17-41(39)43/h10-22,32-36,42,44-49,51-52,64,73H,23-31,62H2,1-9H3,(H2,63,74)(H,65,75)(H,66,79)(H,67,76)(H,68,78)(H,69,80)(H,70,82)(H,71,77)(H,72,81)(H,83,84)/t42-,44-,45-,46-,47-,48-,49-,51-,52-/m0/s1. The van der Waals surface area contributed by atoms with E-state index in [1.54, 1.807) is 70.3 Å². The first-order valence-corrected chi connectivity index (χ1v) is 30.1. The second-order valence-corrected chi connectivity index (χ2v) is 23.9. The minimum absolute atomic E-state index is 0.0876. The Labute approximate surface area is 501 Å². The molecule has 0 radical (unpaired) electrons. The summed E-state index contributed by atoms with van der Waals surface area (Å²) in [5.74, 6) is -9.18. The van der Waals surface area contributed by atoms with Crippen molar-refractivity contribution >= 4 is 81.8 Å². The number of phenols is 1.